The molecular weight excluding hydrogens is 254 g/mol. The monoisotopic (exact) mass is 277 g/mol. The highest BCUT2D eigenvalue weighted by molar-refractivity contribution is 5.72. The molecule has 0 spiro atoms. The summed E-state index contributed by atoms with van der Waals surface area (Å²) in [6, 6.07) is 7.93. The highest BCUT2D eigenvalue weighted by atomic mass is 16.5. The Morgan fingerprint density at radius 2 is 2.20 bits per heavy atom. The summed E-state index contributed by atoms with van der Waals surface area (Å²) >= 11 is 0. The molecule has 0 aliphatic carbocycles. The Morgan fingerprint density at radius 1 is 1.45 bits per heavy atom. The summed E-state index contributed by atoms with van der Waals surface area (Å²) in [7, 11) is 0. The third kappa shape index (κ3) is 2.66. The van der Waals surface area contributed by atoms with E-state index in [9.17, 15) is 4.79 Å². The van der Waals surface area contributed by atoms with Gasteiger partial charge in [0.2, 0.25) is 0 Å². The van der Waals surface area contributed by atoms with E-state index >= 15 is 0 Å². The van der Waals surface area contributed by atoms with Crippen LogP contribution in [0.25, 0.3) is 0 Å². The van der Waals surface area contributed by atoms with E-state index in [1.165, 1.54) is 0 Å². The predicted octanol–water partition coefficient (Wildman–Crippen LogP) is 2.47. The highest BCUT2D eigenvalue weighted by Crippen LogP contribution is 2.42. The van der Waals surface area contributed by atoms with E-state index in [1.807, 2.05) is 31.2 Å². The normalized spacial score (nSPS) is 24.6. The first-order chi connectivity index (χ1) is 9.64. The maximum absolute atomic E-state index is 12.0. The zero-order valence-corrected chi connectivity index (χ0v) is 12.4. The van der Waals surface area contributed by atoms with Crippen molar-refractivity contribution in [2.24, 2.45) is 5.92 Å². The number of para-hydroxylation sites is 1. The van der Waals surface area contributed by atoms with Gasteiger partial charge in [0.15, 0.2) is 0 Å². The molecule has 0 fully saturated rings. The minimum Gasteiger partial charge on any atom is -0.493 e. The van der Waals surface area contributed by atoms with Crippen LogP contribution in [-0.2, 0) is 15.1 Å². The molecule has 20 heavy (non-hydrogen) atoms. The number of nitrogens with one attached hydrogen (secondary N) is 1. The molecule has 1 aliphatic rings. The van der Waals surface area contributed by atoms with Gasteiger partial charge in [-0.15, -0.1) is 0 Å². The van der Waals surface area contributed by atoms with E-state index in [1.54, 1.807) is 0 Å². The van der Waals surface area contributed by atoms with Gasteiger partial charge in [-0.25, -0.2) is 0 Å². The molecule has 1 heterocycles. The van der Waals surface area contributed by atoms with E-state index in [-0.39, 0.29) is 11.9 Å². The summed E-state index contributed by atoms with van der Waals surface area (Å²) in [6.45, 7) is 7.80. The molecule has 0 radical (unpaired) electrons. The lowest BCUT2D eigenvalue weighted by Gasteiger charge is -2.43. The lowest BCUT2D eigenvalue weighted by atomic mass is 9.74. The van der Waals surface area contributed by atoms with Crippen LogP contribution >= 0.6 is 0 Å². The van der Waals surface area contributed by atoms with E-state index < -0.39 is 5.54 Å². The highest BCUT2D eigenvalue weighted by Gasteiger charge is 2.44. The first-order valence-electron chi connectivity index (χ1n) is 7.27. The minimum atomic E-state index is -0.407. The van der Waals surface area contributed by atoms with Crippen LogP contribution in [0.2, 0.25) is 0 Å². The Morgan fingerprint density at radius 3 is 2.90 bits per heavy atom. The average Bonchev–Trinajstić information content (AvgIpc) is 2.44. The maximum atomic E-state index is 12.0. The van der Waals surface area contributed by atoms with Gasteiger partial charge in [-0.1, -0.05) is 32.0 Å². The number of rotatable bonds is 5. The lowest BCUT2D eigenvalue weighted by Crippen LogP contribution is -2.53. The third-order valence-electron chi connectivity index (χ3n) is 3.92. The molecule has 1 aromatic rings. The topological polar surface area (TPSA) is 47.6 Å². The van der Waals surface area contributed by atoms with Gasteiger partial charge < -0.3 is 14.8 Å². The fraction of sp³-hybridized carbons (Fsp3) is 0.562. The van der Waals surface area contributed by atoms with Gasteiger partial charge in [0.1, 0.15) is 5.75 Å². The summed E-state index contributed by atoms with van der Waals surface area (Å²) in [6.07, 6.45) is 0.330. The predicted molar refractivity (Wildman–Crippen MR) is 77.7 cm³/mol. The van der Waals surface area contributed by atoms with Gasteiger partial charge >= 0.3 is 5.97 Å². The number of hydrogen-bond donors (Lipinski definition) is 1. The van der Waals surface area contributed by atoms with Crippen LogP contribution in [0.1, 0.15) is 32.8 Å². The second kappa shape index (κ2) is 6.27. The molecule has 1 aliphatic heterocycles. The fourth-order valence-corrected chi connectivity index (χ4v) is 2.94. The molecule has 4 nitrogen and oxygen atoms in total. The van der Waals surface area contributed by atoms with E-state index in [4.69, 9.17) is 9.47 Å². The van der Waals surface area contributed by atoms with Crippen LogP contribution in [0.15, 0.2) is 24.3 Å². The van der Waals surface area contributed by atoms with Crippen LogP contribution in [0, 0.1) is 5.92 Å². The summed E-state index contributed by atoms with van der Waals surface area (Å²) in [5, 5.41) is 3.51. The zero-order chi connectivity index (χ0) is 14.6. The van der Waals surface area contributed by atoms with E-state index in [2.05, 4.69) is 19.2 Å². The number of carbonyl (C=O) groups is 1. The summed E-state index contributed by atoms with van der Waals surface area (Å²) < 4.78 is 10.9. The van der Waals surface area contributed by atoms with Crippen molar-refractivity contribution in [1.29, 1.82) is 0 Å². The molecule has 4 heteroatoms. The third-order valence-corrected chi connectivity index (χ3v) is 3.92. The van der Waals surface area contributed by atoms with Gasteiger partial charge in [0, 0.05) is 11.5 Å². The molecule has 110 valence electrons. The molecule has 2 rings (SSSR count). The summed E-state index contributed by atoms with van der Waals surface area (Å²) in [4.78, 5) is 12.0. The van der Waals surface area contributed by atoms with Gasteiger partial charge in [0.25, 0.3) is 0 Å². The van der Waals surface area contributed by atoms with Crippen molar-refractivity contribution in [3.63, 3.8) is 0 Å². The molecule has 1 N–H and O–H groups in total. The zero-order valence-electron chi connectivity index (χ0n) is 12.4. The number of carbonyl (C=O) groups excluding carboxylic acids is 1. The maximum Gasteiger partial charge on any atom is 0.308 e. The van der Waals surface area contributed by atoms with E-state index in [0.29, 0.717) is 19.6 Å². The smallest absolute Gasteiger partial charge is 0.308 e. The molecule has 0 saturated carbocycles. The van der Waals surface area contributed by atoms with Gasteiger partial charge in [-0.2, -0.15) is 0 Å². The number of benzene rings is 1. The standard InChI is InChI=1S/C16H23NO3/c1-4-17-16(10-15(18)19-5-2)12(3)11-20-14-9-7-6-8-13(14)16/h6-9,12,17H,4-5,10-11H2,1-3H3. The summed E-state index contributed by atoms with van der Waals surface area (Å²) in [5.74, 6) is 0.884. The molecule has 1 aromatic carbocycles. The quantitative estimate of drug-likeness (QED) is 0.840. The fourth-order valence-electron chi connectivity index (χ4n) is 2.94. The number of esters is 1. The summed E-state index contributed by atoms with van der Waals surface area (Å²) in [5.41, 5.74) is 0.643. The van der Waals surface area contributed by atoms with Crippen molar-refractivity contribution in [3.8, 4) is 5.75 Å². The number of ether oxygens (including phenoxy) is 2. The Balaban J connectivity index is 2.41. The minimum absolute atomic E-state index is 0.169. The molecule has 0 amide bonds. The Labute approximate surface area is 120 Å². The van der Waals surface area contributed by atoms with E-state index in [0.717, 1.165) is 17.9 Å². The van der Waals surface area contributed by atoms with Crippen LogP contribution < -0.4 is 10.1 Å². The molecule has 2 atom stereocenters. The first-order valence-corrected chi connectivity index (χ1v) is 7.27. The Kier molecular flexibility index (Phi) is 4.65. The van der Waals surface area contributed by atoms with Crippen molar-refractivity contribution in [2.45, 2.75) is 32.7 Å². The van der Waals surface area contributed by atoms with Crippen LogP contribution in [0.4, 0.5) is 0 Å². The Hall–Kier alpha value is -1.55. The lowest BCUT2D eigenvalue weighted by molar-refractivity contribution is -0.146. The second-order valence-corrected chi connectivity index (χ2v) is 5.19. The van der Waals surface area contributed by atoms with Crippen LogP contribution in [-0.4, -0.2) is 25.7 Å². The SMILES string of the molecule is CCNC1(CC(=O)OCC)c2ccccc2OCC1C. The van der Waals surface area contributed by atoms with Gasteiger partial charge in [-0.05, 0) is 19.5 Å². The van der Waals surface area contributed by atoms with Crippen molar-refractivity contribution < 1.29 is 14.3 Å². The Bertz CT molecular complexity index is 475. The first kappa shape index (κ1) is 14.9. The average molecular weight is 277 g/mol. The number of hydrogen-bond acceptors (Lipinski definition) is 4. The molecule has 0 bridgehead atoms. The van der Waals surface area contributed by atoms with Crippen molar-refractivity contribution >= 4 is 5.97 Å². The second-order valence-electron chi connectivity index (χ2n) is 5.19. The molecule has 0 aromatic heterocycles. The van der Waals surface area contributed by atoms with Crippen LogP contribution in [0.5, 0.6) is 5.75 Å². The molecule has 0 saturated heterocycles. The van der Waals surface area contributed by atoms with Gasteiger partial charge in [0.05, 0.1) is 25.2 Å². The van der Waals surface area contributed by atoms with Crippen molar-refractivity contribution in [1.82, 2.24) is 5.32 Å². The molecule has 2 unspecified atom stereocenters. The largest absolute Gasteiger partial charge is 0.493 e. The van der Waals surface area contributed by atoms with Crippen molar-refractivity contribution in [2.75, 3.05) is 19.8 Å². The molecular formula is C16H23NO3. The number of fused-ring (bicyclic) bond motifs is 1. The van der Waals surface area contributed by atoms with Crippen molar-refractivity contribution in [3.05, 3.63) is 29.8 Å². The van der Waals surface area contributed by atoms with Crippen LogP contribution in [0.3, 0.4) is 0 Å². The van der Waals surface area contributed by atoms with Gasteiger partial charge in [-0.3, -0.25) is 4.79 Å².